The molecule has 0 saturated heterocycles. The molecule has 0 fully saturated rings. The van der Waals surface area contributed by atoms with Crippen molar-refractivity contribution < 1.29 is 31.3 Å². The van der Waals surface area contributed by atoms with Crippen LogP contribution < -0.4 is 11.3 Å². The van der Waals surface area contributed by atoms with Gasteiger partial charge in [-0.25, -0.2) is 19.3 Å². The number of amides is 1. The van der Waals surface area contributed by atoms with E-state index in [9.17, 15) is 26.7 Å². The minimum absolute atomic E-state index is 0.0338. The summed E-state index contributed by atoms with van der Waals surface area (Å²) >= 11 is 6.03. The van der Waals surface area contributed by atoms with Crippen molar-refractivity contribution in [3.05, 3.63) is 76.6 Å². The first-order valence-corrected chi connectivity index (χ1v) is 9.37. The van der Waals surface area contributed by atoms with Crippen molar-refractivity contribution in [1.29, 1.82) is 0 Å². The normalized spacial score (nSPS) is 11.6. The van der Waals surface area contributed by atoms with E-state index < -0.39 is 52.0 Å². The van der Waals surface area contributed by atoms with Gasteiger partial charge in [0.2, 0.25) is 0 Å². The van der Waals surface area contributed by atoms with Gasteiger partial charge in [0.05, 0.1) is 21.8 Å². The lowest BCUT2D eigenvalue weighted by Crippen LogP contribution is -2.30. The fourth-order valence-corrected chi connectivity index (χ4v) is 3.40. The smallest absolute Gasteiger partial charge is 0.355 e. The van der Waals surface area contributed by atoms with Gasteiger partial charge in [0, 0.05) is 6.20 Å². The van der Waals surface area contributed by atoms with E-state index in [2.05, 4.69) is 10.3 Å². The molecule has 0 aliphatic rings. The number of carbonyl (C=O) groups excluding carboxylic acids is 1. The fraction of sp³-hybridized carbons (Fsp3) is 0.0500. The van der Waals surface area contributed by atoms with Crippen LogP contribution >= 0.6 is 11.6 Å². The third kappa shape index (κ3) is 4.05. The standard InChI is InChI=1S/C20H11ClF5N5O2/c21-12-5-2-6-13(23)14(12)16-15(19(32)28-27)17(33-30-16)11-8-31(29-18(11)20(24,25)26)10-4-1-3-9(22)7-10/h1-8H,27H2,(H,28,32). The molecular formula is C20H11ClF5N5O2. The van der Waals surface area contributed by atoms with Gasteiger partial charge < -0.3 is 4.52 Å². The molecule has 1 amide bonds. The zero-order valence-corrected chi connectivity index (χ0v) is 16.9. The zero-order chi connectivity index (χ0) is 23.9. The Morgan fingerprint density at radius 1 is 1.15 bits per heavy atom. The molecule has 4 aromatic rings. The third-order valence-corrected chi connectivity index (χ3v) is 4.86. The molecule has 170 valence electrons. The Kier molecular flexibility index (Phi) is 5.64. The molecule has 7 nitrogen and oxygen atoms in total. The molecule has 2 heterocycles. The summed E-state index contributed by atoms with van der Waals surface area (Å²) in [7, 11) is 0. The van der Waals surface area contributed by atoms with Crippen molar-refractivity contribution in [3.8, 4) is 28.3 Å². The summed E-state index contributed by atoms with van der Waals surface area (Å²) in [6, 6.07) is 8.25. The van der Waals surface area contributed by atoms with Crippen molar-refractivity contribution in [3.63, 3.8) is 0 Å². The molecule has 0 radical (unpaired) electrons. The Morgan fingerprint density at radius 3 is 2.52 bits per heavy atom. The van der Waals surface area contributed by atoms with Gasteiger partial charge in [-0.1, -0.05) is 28.9 Å². The molecule has 13 heteroatoms. The maximum absolute atomic E-state index is 14.5. The lowest BCUT2D eigenvalue weighted by molar-refractivity contribution is -0.140. The summed E-state index contributed by atoms with van der Waals surface area (Å²) in [5, 5.41) is 6.91. The number of rotatable bonds is 4. The highest BCUT2D eigenvalue weighted by Crippen LogP contribution is 2.42. The van der Waals surface area contributed by atoms with Crippen LogP contribution in [0.2, 0.25) is 5.02 Å². The summed E-state index contributed by atoms with van der Waals surface area (Å²) in [6.07, 6.45) is -4.13. The van der Waals surface area contributed by atoms with Gasteiger partial charge in [0.25, 0.3) is 5.91 Å². The Morgan fingerprint density at radius 2 is 1.88 bits per heavy atom. The van der Waals surface area contributed by atoms with Gasteiger partial charge in [-0.2, -0.15) is 18.3 Å². The number of aromatic nitrogens is 3. The average Bonchev–Trinajstić information content (AvgIpc) is 3.38. The van der Waals surface area contributed by atoms with Gasteiger partial charge >= 0.3 is 6.18 Å². The van der Waals surface area contributed by atoms with E-state index in [4.69, 9.17) is 22.0 Å². The van der Waals surface area contributed by atoms with Crippen LogP contribution in [0, 0.1) is 11.6 Å². The minimum atomic E-state index is -5.01. The first-order chi connectivity index (χ1) is 15.6. The lowest BCUT2D eigenvalue weighted by Gasteiger charge is -2.07. The van der Waals surface area contributed by atoms with Crippen molar-refractivity contribution in [1.82, 2.24) is 20.4 Å². The van der Waals surface area contributed by atoms with Crippen molar-refractivity contribution in [2.24, 2.45) is 5.84 Å². The van der Waals surface area contributed by atoms with Gasteiger partial charge in [-0.3, -0.25) is 10.2 Å². The molecule has 0 bridgehead atoms. The molecule has 3 N–H and O–H groups in total. The monoisotopic (exact) mass is 483 g/mol. The number of hydrogen-bond donors (Lipinski definition) is 2. The predicted molar refractivity (Wildman–Crippen MR) is 106 cm³/mol. The Labute approximate surface area is 186 Å². The van der Waals surface area contributed by atoms with Gasteiger partial charge in [-0.15, -0.1) is 0 Å². The Balaban J connectivity index is 2.00. The molecule has 0 spiro atoms. The van der Waals surface area contributed by atoms with E-state index in [0.717, 1.165) is 29.1 Å². The summed E-state index contributed by atoms with van der Waals surface area (Å²) in [6.45, 7) is 0. The molecule has 0 unspecified atom stereocenters. The number of alkyl halides is 3. The van der Waals surface area contributed by atoms with Crippen LogP contribution in [0.15, 0.2) is 53.2 Å². The van der Waals surface area contributed by atoms with Crippen LogP contribution in [0.3, 0.4) is 0 Å². The number of nitrogens with one attached hydrogen (secondary N) is 1. The molecule has 4 rings (SSSR count). The van der Waals surface area contributed by atoms with Crippen molar-refractivity contribution >= 4 is 17.5 Å². The summed E-state index contributed by atoms with van der Waals surface area (Å²) in [5.41, 5.74) is -1.88. The molecule has 0 saturated carbocycles. The number of halogens is 6. The lowest BCUT2D eigenvalue weighted by atomic mass is 10.0. The highest BCUT2D eigenvalue weighted by molar-refractivity contribution is 6.33. The number of nitrogens with zero attached hydrogens (tertiary/aromatic N) is 3. The summed E-state index contributed by atoms with van der Waals surface area (Å²) in [4.78, 5) is 12.5. The molecule has 2 aromatic carbocycles. The van der Waals surface area contributed by atoms with Crippen molar-refractivity contribution in [2.75, 3.05) is 0 Å². The number of carbonyl (C=O) groups is 1. The zero-order valence-electron chi connectivity index (χ0n) is 16.1. The summed E-state index contributed by atoms with van der Waals surface area (Å²) < 4.78 is 75.3. The van der Waals surface area contributed by atoms with Crippen LogP contribution in [0.5, 0.6) is 0 Å². The van der Waals surface area contributed by atoms with Gasteiger partial charge in [-0.05, 0) is 30.3 Å². The molecule has 0 atom stereocenters. The third-order valence-electron chi connectivity index (χ3n) is 4.55. The number of nitrogens with two attached hydrogens (primary N) is 1. The molecule has 0 aliphatic carbocycles. The number of hydrogen-bond acceptors (Lipinski definition) is 5. The minimum Gasteiger partial charge on any atom is -0.355 e. The molecule has 2 aromatic heterocycles. The molecule has 33 heavy (non-hydrogen) atoms. The SMILES string of the molecule is NNC(=O)c1c(-c2c(F)cccc2Cl)noc1-c1cn(-c2cccc(F)c2)nc1C(F)(F)F. The highest BCUT2D eigenvalue weighted by Gasteiger charge is 2.41. The van der Waals surface area contributed by atoms with Crippen LogP contribution in [0.1, 0.15) is 16.1 Å². The van der Waals surface area contributed by atoms with E-state index in [1.807, 2.05) is 0 Å². The number of benzene rings is 2. The summed E-state index contributed by atoms with van der Waals surface area (Å²) in [5.74, 6) is 1.77. The molecular weight excluding hydrogens is 473 g/mol. The molecule has 0 aliphatic heterocycles. The predicted octanol–water partition coefficient (Wildman–Crippen LogP) is 4.75. The quantitative estimate of drug-likeness (QED) is 0.189. The highest BCUT2D eigenvalue weighted by atomic mass is 35.5. The van der Waals surface area contributed by atoms with Crippen molar-refractivity contribution in [2.45, 2.75) is 6.18 Å². The first kappa shape index (κ1) is 22.4. The van der Waals surface area contributed by atoms with Gasteiger partial charge in [0.1, 0.15) is 22.9 Å². The Hall–Kier alpha value is -3.77. The number of nitrogen functional groups attached to an aromatic ring is 1. The topological polar surface area (TPSA) is 99.0 Å². The Bertz CT molecular complexity index is 1350. The van der Waals surface area contributed by atoms with Crippen LogP contribution in [0.25, 0.3) is 28.3 Å². The van der Waals surface area contributed by atoms with Crippen LogP contribution in [-0.4, -0.2) is 20.8 Å². The average molecular weight is 484 g/mol. The number of hydrazine groups is 1. The second kappa shape index (κ2) is 8.30. The maximum Gasteiger partial charge on any atom is 0.435 e. The fourth-order valence-electron chi connectivity index (χ4n) is 3.15. The van der Waals surface area contributed by atoms with E-state index in [-0.39, 0.29) is 16.3 Å². The van der Waals surface area contributed by atoms with E-state index >= 15 is 0 Å². The van der Waals surface area contributed by atoms with Crippen LogP contribution in [-0.2, 0) is 6.18 Å². The van der Waals surface area contributed by atoms with E-state index in [1.165, 1.54) is 24.3 Å². The maximum atomic E-state index is 14.5. The van der Waals surface area contributed by atoms with E-state index in [0.29, 0.717) is 0 Å². The van der Waals surface area contributed by atoms with E-state index in [1.54, 1.807) is 5.43 Å². The van der Waals surface area contributed by atoms with Gasteiger partial charge in [0.15, 0.2) is 11.5 Å². The van der Waals surface area contributed by atoms with Crippen LogP contribution in [0.4, 0.5) is 22.0 Å². The largest absolute Gasteiger partial charge is 0.435 e. The first-order valence-electron chi connectivity index (χ1n) is 9.00. The second-order valence-corrected chi connectivity index (χ2v) is 7.03. The second-order valence-electron chi connectivity index (χ2n) is 6.62.